The van der Waals surface area contributed by atoms with E-state index in [1.54, 1.807) is 26.0 Å². The minimum absolute atomic E-state index is 0.0399. The molecular formula is C20H18Cl2N2O5S2. The van der Waals surface area contributed by atoms with Gasteiger partial charge in [-0.05, 0) is 43.3 Å². The van der Waals surface area contributed by atoms with E-state index in [2.05, 4.69) is 4.99 Å². The van der Waals surface area contributed by atoms with Crippen LogP contribution in [0.4, 0.5) is 0 Å². The van der Waals surface area contributed by atoms with Crippen LogP contribution in [-0.4, -0.2) is 37.2 Å². The Hall–Kier alpha value is -2.20. The molecule has 3 aromatic rings. The summed E-state index contributed by atoms with van der Waals surface area (Å²) in [7, 11) is -3.38. The van der Waals surface area contributed by atoms with Crippen LogP contribution < -0.4 is 4.80 Å². The van der Waals surface area contributed by atoms with Crippen LogP contribution in [0.5, 0.6) is 0 Å². The number of amides is 1. The highest BCUT2D eigenvalue weighted by molar-refractivity contribution is 7.91. The number of thiazole rings is 1. The summed E-state index contributed by atoms with van der Waals surface area (Å²) in [6.07, 6.45) is 0. The summed E-state index contributed by atoms with van der Waals surface area (Å²) >= 11 is 13.7. The Bertz CT molecular complexity index is 1330. The van der Waals surface area contributed by atoms with Crippen LogP contribution in [0, 0.1) is 0 Å². The van der Waals surface area contributed by atoms with E-state index in [9.17, 15) is 18.0 Å². The second-order valence-corrected chi connectivity index (χ2v) is 10.4. The van der Waals surface area contributed by atoms with Crippen LogP contribution in [0.15, 0.2) is 46.3 Å². The van der Waals surface area contributed by atoms with E-state index in [-0.39, 0.29) is 34.2 Å². The van der Waals surface area contributed by atoms with Gasteiger partial charge in [0.2, 0.25) is 0 Å². The van der Waals surface area contributed by atoms with Crippen LogP contribution in [0.2, 0.25) is 10.0 Å². The predicted octanol–water partition coefficient (Wildman–Crippen LogP) is 4.11. The van der Waals surface area contributed by atoms with E-state index >= 15 is 0 Å². The molecule has 0 saturated heterocycles. The van der Waals surface area contributed by atoms with Gasteiger partial charge in [0.15, 0.2) is 14.6 Å². The van der Waals surface area contributed by atoms with E-state index < -0.39 is 21.7 Å². The van der Waals surface area contributed by atoms with Gasteiger partial charge >= 0.3 is 5.97 Å². The first kappa shape index (κ1) is 23.5. The number of halogens is 2. The molecule has 0 atom stereocenters. The Labute approximate surface area is 192 Å². The van der Waals surface area contributed by atoms with Crippen molar-refractivity contribution >= 4 is 66.5 Å². The lowest BCUT2D eigenvalue weighted by Gasteiger charge is -2.06. The van der Waals surface area contributed by atoms with Crippen molar-refractivity contribution in [2.24, 2.45) is 4.99 Å². The highest BCUT2D eigenvalue weighted by Gasteiger charge is 2.18. The number of hydrogen-bond acceptors (Lipinski definition) is 6. The smallest absolute Gasteiger partial charge is 0.326 e. The molecule has 0 radical (unpaired) electrons. The summed E-state index contributed by atoms with van der Waals surface area (Å²) in [4.78, 5) is 29.4. The van der Waals surface area contributed by atoms with Gasteiger partial charge in [-0.1, -0.05) is 41.5 Å². The van der Waals surface area contributed by atoms with Gasteiger partial charge in [-0.3, -0.25) is 9.59 Å². The summed E-state index contributed by atoms with van der Waals surface area (Å²) in [5.41, 5.74) is 0.676. The van der Waals surface area contributed by atoms with Crippen molar-refractivity contribution in [2.75, 3.05) is 12.4 Å². The van der Waals surface area contributed by atoms with Gasteiger partial charge < -0.3 is 9.30 Å². The minimum Gasteiger partial charge on any atom is -0.465 e. The fraction of sp³-hybridized carbons (Fsp3) is 0.250. The molecule has 31 heavy (non-hydrogen) atoms. The molecule has 11 heteroatoms. The third-order valence-electron chi connectivity index (χ3n) is 4.36. The SMILES string of the molecule is CCOC(=O)Cn1c(=NC(=O)c2ccc(S(=O)(=O)CC)cc2)sc2c(Cl)ccc(Cl)c21. The van der Waals surface area contributed by atoms with Gasteiger partial charge in [0.05, 0.1) is 37.5 Å². The lowest BCUT2D eigenvalue weighted by molar-refractivity contribution is -0.143. The number of carbonyl (C=O) groups is 2. The van der Waals surface area contributed by atoms with Gasteiger partial charge in [0.1, 0.15) is 6.54 Å². The summed E-state index contributed by atoms with van der Waals surface area (Å²) in [6.45, 7) is 3.24. The first-order valence-electron chi connectivity index (χ1n) is 9.22. The van der Waals surface area contributed by atoms with E-state index in [4.69, 9.17) is 27.9 Å². The van der Waals surface area contributed by atoms with Crippen LogP contribution in [0.3, 0.4) is 0 Å². The maximum absolute atomic E-state index is 12.8. The monoisotopic (exact) mass is 500 g/mol. The van der Waals surface area contributed by atoms with E-state index in [0.717, 1.165) is 11.3 Å². The Balaban J connectivity index is 2.10. The largest absolute Gasteiger partial charge is 0.465 e. The number of esters is 1. The van der Waals surface area contributed by atoms with Crippen LogP contribution in [0.1, 0.15) is 24.2 Å². The third kappa shape index (κ3) is 5.01. The molecule has 164 valence electrons. The summed E-state index contributed by atoms with van der Waals surface area (Å²) < 4.78 is 31.0. The fourth-order valence-electron chi connectivity index (χ4n) is 2.80. The highest BCUT2D eigenvalue weighted by Crippen LogP contribution is 2.32. The molecule has 0 fully saturated rings. The first-order valence-corrected chi connectivity index (χ1v) is 12.4. The number of sulfone groups is 1. The maximum atomic E-state index is 12.8. The molecule has 3 rings (SSSR count). The molecule has 0 saturated carbocycles. The van der Waals surface area contributed by atoms with Crippen molar-refractivity contribution in [3.05, 3.63) is 56.8 Å². The molecular weight excluding hydrogens is 483 g/mol. The lowest BCUT2D eigenvalue weighted by Crippen LogP contribution is -2.23. The average Bonchev–Trinajstić information content (AvgIpc) is 3.10. The molecule has 0 aliphatic carbocycles. The van der Waals surface area contributed by atoms with Crippen molar-refractivity contribution in [1.82, 2.24) is 4.57 Å². The molecule has 0 N–H and O–H groups in total. The van der Waals surface area contributed by atoms with Gasteiger partial charge in [0.25, 0.3) is 5.91 Å². The fourth-order valence-corrected chi connectivity index (χ4v) is 5.33. The van der Waals surface area contributed by atoms with Crippen molar-refractivity contribution in [3.8, 4) is 0 Å². The van der Waals surface area contributed by atoms with Crippen LogP contribution in [-0.2, 0) is 25.9 Å². The molecule has 0 bridgehead atoms. The zero-order valence-electron chi connectivity index (χ0n) is 16.6. The van der Waals surface area contributed by atoms with Gasteiger partial charge in [-0.25, -0.2) is 8.42 Å². The lowest BCUT2D eigenvalue weighted by atomic mass is 10.2. The summed E-state index contributed by atoms with van der Waals surface area (Å²) in [5.74, 6) is -1.15. The van der Waals surface area contributed by atoms with Crippen LogP contribution in [0.25, 0.3) is 10.2 Å². The van der Waals surface area contributed by atoms with Gasteiger partial charge in [-0.2, -0.15) is 4.99 Å². The van der Waals surface area contributed by atoms with E-state index in [1.165, 1.54) is 28.8 Å². The molecule has 1 heterocycles. The molecule has 1 aromatic heterocycles. The normalized spacial score (nSPS) is 12.3. The maximum Gasteiger partial charge on any atom is 0.326 e. The average molecular weight is 501 g/mol. The number of carbonyl (C=O) groups excluding carboxylic acids is 2. The Kier molecular flexibility index (Phi) is 7.20. The Morgan fingerprint density at radius 2 is 1.71 bits per heavy atom. The second-order valence-electron chi connectivity index (χ2n) is 6.33. The zero-order valence-corrected chi connectivity index (χ0v) is 19.7. The number of rotatable bonds is 6. The number of benzene rings is 2. The third-order valence-corrected chi connectivity index (χ3v) is 7.95. The summed E-state index contributed by atoms with van der Waals surface area (Å²) in [6, 6.07) is 8.75. The molecule has 0 aliphatic rings. The number of fused-ring (bicyclic) bond motifs is 1. The molecule has 0 spiro atoms. The van der Waals surface area contributed by atoms with Crippen molar-refractivity contribution in [2.45, 2.75) is 25.3 Å². The topological polar surface area (TPSA) is 94.8 Å². The second kappa shape index (κ2) is 9.52. The van der Waals surface area contributed by atoms with Crippen LogP contribution >= 0.6 is 34.5 Å². The molecule has 0 unspecified atom stereocenters. The van der Waals surface area contributed by atoms with Gasteiger partial charge in [0, 0.05) is 5.56 Å². The highest BCUT2D eigenvalue weighted by atomic mass is 35.5. The molecule has 2 aromatic carbocycles. The van der Waals surface area contributed by atoms with E-state index in [1.807, 2.05) is 0 Å². The summed E-state index contributed by atoms with van der Waals surface area (Å²) in [5, 5.41) is 0.757. The molecule has 0 aliphatic heterocycles. The standard InChI is InChI=1S/C20H18Cl2N2O5S2/c1-3-29-16(25)11-24-17-14(21)9-10-15(22)18(17)30-20(24)23-19(26)12-5-7-13(8-6-12)31(27,28)4-2/h5-10H,3-4,11H2,1-2H3. The van der Waals surface area contributed by atoms with Gasteiger partial charge in [-0.15, -0.1) is 0 Å². The quantitative estimate of drug-likeness (QED) is 0.474. The minimum atomic E-state index is -3.38. The number of ether oxygens (including phenoxy) is 1. The van der Waals surface area contributed by atoms with Crippen molar-refractivity contribution < 1.29 is 22.7 Å². The number of aromatic nitrogens is 1. The van der Waals surface area contributed by atoms with E-state index in [0.29, 0.717) is 20.3 Å². The predicted molar refractivity (Wildman–Crippen MR) is 121 cm³/mol. The Morgan fingerprint density at radius 3 is 2.32 bits per heavy atom. The van der Waals surface area contributed by atoms with Crippen molar-refractivity contribution in [1.29, 1.82) is 0 Å². The number of hydrogen-bond donors (Lipinski definition) is 0. The first-order chi connectivity index (χ1) is 14.7. The van der Waals surface area contributed by atoms with Crippen molar-refractivity contribution in [3.63, 3.8) is 0 Å². The Morgan fingerprint density at radius 1 is 1.06 bits per heavy atom. The molecule has 1 amide bonds. The molecule has 7 nitrogen and oxygen atoms in total. The zero-order chi connectivity index (χ0) is 22.8. The number of nitrogens with zero attached hydrogens (tertiary/aromatic N) is 2.